The van der Waals surface area contributed by atoms with E-state index in [4.69, 9.17) is 9.47 Å². The van der Waals surface area contributed by atoms with Crippen molar-refractivity contribution in [3.63, 3.8) is 0 Å². The summed E-state index contributed by atoms with van der Waals surface area (Å²) in [5, 5.41) is 5.09. The largest absolute Gasteiger partial charge is 0.497 e. The number of methoxy groups -OCH3 is 2. The molecule has 0 aliphatic carbocycles. The predicted molar refractivity (Wildman–Crippen MR) is 100 cm³/mol. The molecule has 0 amide bonds. The molecule has 2 aromatic carbocycles. The van der Waals surface area contributed by atoms with Gasteiger partial charge in [-0.15, -0.1) is 0 Å². The zero-order valence-corrected chi connectivity index (χ0v) is 14.3. The Balaban J connectivity index is 1.81. The number of hydrogen-bond donors (Lipinski definition) is 1. The van der Waals surface area contributed by atoms with Crippen LogP contribution >= 0.6 is 0 Å². The van der Waals surface area contributed by atoms with Gasteiger partial charge >= 0.3 is 0 Å². The van der Waals surface area contributed by atoms with Crippen LogP contribution in [0.5, 0.6) is 11.5 Å². The van der Waals surface area contributed by atoms with Gasteiger partial charge in [-0.25, -0.2) is 4.98 Å². The molecule has 7 nitrogen and oxygen atoms in total. The molecular formula is C19H16N4O3. The van der Waals surface area contributed by atoms with E-state index in [1.54, 1.807) is 20.4 Å². The molecule has 4 aromatic rings. The van der Waals surface area contributed by atoms with Gasteiger partial charge in [-0.05, 0) is 24.3 Å². The summed E-state index contributed by atoms with van der Waals surface area (Å²) in [5.41, 5.74) is 2.28. The summed E-state index contributed by atoms with van der Waals surface area (Å²) in [6.45, 7) is 0. The number of nitrogens with zero attached hydrogens (tertiary/aromatic N) is 3. The Hall–Kier alpha value is -3.61. The normalized spacial score (nSPS) is 11.5. The van der Waals surface area contributed by atoms with Crippen molar-refractivity contribution in [2.45, 2.75) is 0 Å². The Morgan fingerprint density at radius 2 is 2.00 bits per heavy atom. The maximum Gasteiger partial charge on any atom is 0.298 e. The molecule has 2 heterocycles. The molecule has 7 heteroatoms. The zero-order valence-electron chi connectivity index (χ0n) is 14.3. The van der Waals surface area contributed by atoms with E-state index in [0.717, 1.165) is 16.5 Å². The molecule has 0 bridgehead atoms. The van der Waals surface area contributed by atoms with Crippen LogP contribution in [0.25, 0.3) is 21.9 Å². The fourth-order valence-corrected chi connectivity index (χ4v) is 2.84. The maximum absolute atomic E-state index is 12.7. The highest BCUT2D eigenvalue weighted by Crippen LogP contribution is 2.25. The molecule has 2 aromatic heterocycles. The van der Waals surface area contributed by atoms with Crippen molar-refractivity contribution in [1.29, 1.82) is 0 Å². The summed E-state index contributed by atoms with van der Waals surface area (Å²) in [5.74, 6) is 1.38. The molecule has 0 atom stereocenters. The summed E-state index contributed by atoms with van der Waals surface area (Å²) >= 11 is 0. The fourth-order valence-electron chi connectivity index (χ4n) is 2.84. The van der Waals surface area contributed by atoms with Crippen LogP contribution in [0.15, 0.2) is 58.7 Å². The van der Waals surface area contributed by atoms with Crippen LogP contribution in [0.1, 0.15) is 5.56 Å². The predicted octanol–water partition coefficient (Wildman–Crippen LogP) is 2.78. The molecular weight excluding hydrogens is 332 g/mol. The zero-order chi connectivity index (χ0) is 18.1. The van der Waals surface area contributed by atoms with Gasteiger partial charge in [0.15, 0.2) is 0 Å². The molecule has 0 aliphatic rings. The molecule has 0 fully saturated rings. The Kier molecular flexibility index (Phi) is 3.89. The lowest BCUT2D eigenvalue weighted by Gasteiger charge is -2.03. The number of aromatic nitrogens is 3. The van der Waals surface area contributed by atoms with E-state index in [0.29, 0.717) is 22.5 Å². The van der Waals surface area contributed by atoms with Crippen LogP contribution < -0.4 is 15.0 Å². The molecule has 0 unspecified atom stereocenters. The van der Waals surface area contributed by atoms with Gasteiger partial charge in [0.05, 0.1) is 26.0 Å². The number of aromatic amines is 1. The maximum atomic E-state index is 12.7. The summed E-state index contributed by atoms with van der Waals surface area (Å²) in [6, 6.07) is 13.0. The van der Waals surface area contributed by atoms with Gasteiger partial charge in [-0.1, -0.05) is 12.1 Å². The average molecular weight is 348 g/mol. The third-order valence-corrected chi connectivity index (χ3v) is 4.16. The van der Waals surface area contributed by atoms with E-state index in [1.165, 1.54) is 11.0 Å². The Labute approximate surface area is 148 Å². The van der Waals surface area contributed by atoms with Gasteiger partial charge in [0.1, 0.15) is 28.9 Å². The molecule has 0 radical (unpaired) electrons. The third-order valence-electron chi connectivity index (χ3n) is 4.16. The molecule has 4 rings (SSSR count). The molecule has 26 heavy (non-hydrogen) atoms. The quantitative estimate of drug-likeness (QED) is 0.575. The Morgan fingerprint density at radius 3 is 2.81 bits per heavy atom. The van der Waals surface area contributed by atoms with Crippen LogP contribution in [0.4, 0.5) is 0 Å². The molecule has 0 spiro atoms. The van der Waals surface area contributed by atoms with Crippen LogP contribution in [0.3, 0.4) is 0 Å². The highest BCUT2D eigenvalue weighted by molar-refractivity contribution is 6.04. The number of ether oxygens (including phenoxy) is 2. The third kappa shape index (κ3) is 2.59. The minimum atomic E-state index is -0.281. The van der Waals surface area contributed by atoms with Gasteiger partial charge in [0.2, 0.25) is 0 Å². The Bertz CT molecular complexity index is 1190. The number of para-hydroxylation sites is 1. The first kappa shape index (κ1) is 15.9. The second-order valence-corrected chi connectivity index (χ2v) is 5.64. The van der Waals surface area contributed by atoms with Gasteiger partial charge in [-0.2, -0.15) is 9.78 Å². The topological polar surface area (TPSA) is 81.5 Å². The summed E-state index contributed by atoms with van der Waals surface area (Å²) < 4.78 is 11.7. The first-order valence-electron chi connectivity index (χ1n) is 7.95. The minimum absolute atomic E-state index is 0.281. The van der Waals surface area contributed by atoms with Crippen molar-refractivity contribution in [2.75, 3.05) is 14.2 Å². The SMILES string of the molecule is COc1ccc2c(c1)[nH]c1c(=O)n(/N=C/c3ccccc3OC)cnc12. The minimum Gasteiger partial charge on any atom is -0.497 e. The smallest absolute Gasteiger partial charge is 0.298 e. The number of fused-ring (bicyclic) bond motifs is 3. The number of H-pyrrole nitrogens is 1. The van der Waals surface area contributed by atoms with Crippen LogP contribution in [0.2, 0.25) is 0 Å². The number of rotatable bonds is 4. The lowest BCUT2D eigenvalue weighted by molar-refractivity contribution is 0.414. The monoisotopic (exact) mass is 348 g/mol. The molecule has 130 valence electrons. The second-order valence-electron chi connectivity index (χ2n) is 5.64. The number of hydrogen-bond acceptors (Lipinski definition) is 5. The van der Waals surface area contributed by atoms with Crippen LogP contribution in [0, 0.1) is 0 Å². The lowest BCUT2D eigenvalue weighted by atomic mass is 10.2. The standard InChI is InChI=1S/C19H16N4O3/c1-25-13-7-8-14-15(9-13)22-18-17(14)20-11-23(19(18)24)21-10-12-5-3-4-6-16(12)26-2/h3-11,22H,1-2H3/b21-10+. The van der Waals surface area contributed by atoms with E-state index >= 15 is 0 Å². The van der Waals surface area contributed by atoms with Crippen molar-refractivity contribution >= 4 is 28.2 Å². The fraction of sp³-hybridized carbons (Fsp3) is 0.105. The van der Waals surface area contributed by atoms with Crippen molar-refractivity contribution in [2.24, 2.45) is 5.10 Å². The van der Waals surface area contributed by atoms with Gasteiger partial charge in [0.25, 0.3) is 5.56 Å². The molecule has 1 N–H and O–H groups in total. The van der Waals surface area contributed by atoms with Crippen LogP contribution in [-0.4, -0.2) is 35.1 Å². The highest BCUT2D eigenvalue weighted by Gasteiger charge is 2.11. The van der Waals surface area contributed by atoms with Gasteiger partial charge in [0, 0.05) is 17.0 Å². The van der Waals surface area contributed by atoms with E-state index in [-0.39, 0.29) is 5.56 Å². The summed E-state index contributed by atoms with van der Waals surface area (Å²) in [4.78, 5) is 20.2. The van der Waals surface area contributed by atoms with Crippen LogP contribution in [-0.2, 0) is 0 Å². The van der Waals surface area contributed by atoms with Crippen molar-refractivity contribution in [3.8, 4) is 11.5 Å². The molecule has 0 saturated heterocycles. The van der Waals surface area contributed by atoms with Gasteiger partial charge in [-0.3, -0.25) is 4.79 Å². The van der Waals surface area contributed by atoms with Gasteiger partial charge < -0.3 is 14.5 Å². The van der Waals surface area contributed by atoms with E-state index < -0.39 is 0 Å². The summed E-state index contributed by atoms with van der Waals surface area (Å²) in [6.07, 6.45) is 2.98. The number of benzene rings is 2. The number of nitrogens with one attached hydrogen (secondary N) is 1. The second kappa shape index (κ2) is 6.36. The van der Waals surface area contributed by atoms with E-state index in [9.17, 15) is 4.79 Å². The molecule has 0 saturated carbocycles. The van der Waals surface area contributed by atoms with Crippen molar-refractivity contribution < 1.29 is 9.47 Å². The Morgan fingerprint density at radius 1 is 1.15 bits per heavy atom. The lowest BCUT2D eigenvalue weighted by Crippen LogP contribution is -2.17. The van der Waals surface area contributed by atoms with Crippen molar-refractivity contribution in [1.82, 2.24) is 14.6 Å². The van der Waals surface area contributed by atoms with E-state index in [2.05, 4.69) is 15.1 Å². The first-order chi connectivity index (χ1) is 12.7. The molecule has 0 aliphatic heterocycles. The average Bonchev–Trinajstić information content (AvgIpc) is 3.06. The first-order valence-corrected chi connectivity index (χ1v) is 7.95. The summed E-state index contributed by atoms with van der Waals surface area (Å²) in [7, 11) is 3.19. The highest BCUT2D eigenvalue weighted by atomic mass is 16.5. The van der Waals surface area contributed by atoms with E-state index in [1.807, 2.05) is 42.5 Å². The van der Waals surface area contributed by atoms with Crippen molar-refractivity contribution in [3.05, 3.63) is 64.7 Å².